The van der Waals surface area contributed by atoms with E-state index >= 15 is 0 Å². The Morgan fingerprint density at radius 3 is 1.42 bits per heavy atom. The summed E-state index contributed by atoms with van der Waals surface area (Å²) in [5.74, 6) is 0. The largest absolute Gasteiger partial charge is 0.0683 e. The summed E-state index contributed by atoms with van der Waals surface area (Å²) in [6.07, 6.45) is 2.28. The molecule has 2 aromatic carbocycles. The van der Waals surface area contributed by atoms with E-state index in [9.17, 15) is 0 Å². The maximum Gasteiger partial charge on any atom is -0.0307 e. The van der Waals surface area contributed by atoms with Gasteiger partial charge in [-0.15, -0.1) is 0 Å². The normalized spacial score (nSPS) is 8.68. The molecule has 0 amide bonds. The molecule has 104 valence electrons. The van der Waals surface area contributed by atoms with E-state index in [4.69, 9.17) is 0 Å². The van der Waals surface area contributed by atoms with E-state index in [0.29, 0.717) is 0 Å². The first kappa shape index (κ1) is 17.4. The van der Waals surface area contributed by atoms with Crippen molar-refractivity contribution in [2.24, 2.45) is 0 Å². The Balaban J connectivity index is 0.000000303. The monoisotopic (exact) mass is 256 g/mol. The van der Waals surface area contributed by atoms with Crippen LogP contribution >= 0.6 is 0 Å². The molecule has 0 radical (unpaired) electrons. The predicted molar refractivity (Wildman–Crippen MR) is 87.7 cm³/mol. The van der Waals surface area contributed by atoms with Gasteiger partial charge >= 0.3 is 0 Å². The van der Waals surface area contributed by atoms with Crippen LogP contribution in [0.15, 0.2) is 54.6 Å². The van der Waals surface area contributed by atoms with Crippen molar-refractivity contribution in [3.63, 3.8) is 0 Å². The molecule has 0 saturated heterocycles. The van der Waals surface area contributed by atoms with Gasteiger partial charge in [-0.2, -0.15) is 0 Å². The Bertz CT molecular complexity index is 398. The molecule has 0 bridgehead atoms. The van der Waals surface area contributed by atoms with Crippen LogP contribution in [0.1, 0.15) is 44.4 Å². The Kier molecular flexibility index (Phi) is 10.6. The van der Waals surface area contributed by atoms with E-state index in [1.165, 1.54) is 16.7 Å². The number of rotatable bonds is 2. The molecule has 0 spiro atoms. The highest BCUT2D eigenvalue weighted by Gasteiger charge is 1.84. The van der Waals surface area contributed by atoms with Crippen LogP contribution in [0.5, 0.6) is 0 Å². The Labute approximate surface area is 119 Å². The van der Waals surface area contributed by atoms with Gasteiger partial charge in [-0.1, -0.05) is 87.9 Å². The minimum absolute atomic E-state index is 1.14. The highest BCUT2D eigenvalue weighted by molar-refractivity contribution is 5.20. The van der Waals surface area contributed by atoms with Gasteiger partial charge in [0, 0.05) is 0 Å². The third kappa shape index (κ3) is 8.20. The van der Waals surface area contributed by atoms with Gasteiger partial charge in [-0.3, -0.25) is 0 Å². The molecule has 0 heterocycles. The smallest absolute Gasteiger partial charge is 0.0307 e. The molecule has 19 heavy (non-hydrogen) atoms. The van der Waals surface area contributed by atoms with Gasteiger partial charge in [0.25, 0.3) is 0 Å². The van der Waals surface area contributed by atoms with Crippen LogP contribution in [-0.2, 0) is 12.8 Å². The molecule has 0 aliphatic carbocycles. The second-order valence-electron chi connectivity index (χ2n) is 4.18. The lowest BCUT2D eigenvalue weighted by Gasteiger charge is -1.94. The topological polar surface area (TPSA) is 0 Å². The van der Waals surface area contributed by atoms with Gasteiger partial charge in [0.05, 0.1) is 0 Å². The molecule has 2 rings (SSSR count). The molecule has 0 N–H and O–H groups in total. The van der Waals surface area contributed by atoms with E-state index in [0.717, 1.165) is 12.8 Å². The molecule has 0 aliphatic heterocycles. The summed E-state index contributed by atoms with van der Waals surface area (Å²) in [5.41, 5.74) is 4.17. The summed E-state index contributed by atoms with van der Waals surface area (Å²) in [6, 6.07) is 19.1. The zero-order chi connectivity index (χ0) is 14.5. The average Bonchev–Trinajstić information content (AvgIpc) is 2.51. The van der Waals surface area contributed by atoms with Gasteiger partial charge in [0.15, 0.2) is 0 Å². The third-order valence-electron chi connectivity index (χ3n) is 2.78. The molecule has 0 aromatic heterocycles. The number of benzene rings is 2. The molecular formula is C19H28. The fourth-order valence-corrected chi connectivity index (χ4v) is 1.54. The lowest BCUT2D eigenvalue weighted by Crippen LogP contribution is -1.77. The van der Waals surface area contributed by atoms with Crippen molar-refractivity contribution in [2.45, 2.75) is 47.5 Å². The quantitative estimate of drug-likeness (QED) is 0.634. The Morgan fingerprint density at radius 1 is 0.632 bits per heavy atom. The van der Waals surface area contributed by atoms with Crippen LogP contribution in [-0.4, -0.2) is 0 Å². The third-order valence-corrected chi connectivity index (χ3v) is 2.78. The van der Waals surface area contributed by atoms with E-state index in [2.05, 4.69) is 69.3 Å². The second-order valence-corrected chi connectivity index (χ2v) is 4.18. The van der Waals surface area contributed by atoms with E-state index in [1.54, 1.807) is 0 Å². The van der Waals surface area contributed by atoms with Crippen LogP contribution in [0, 0.1) is 6.92 Å². The SMILES string of the molecule is CC.CCc1ccc(C)cc1.CCc1ccccc1. The predicted octanol–water partition coefficient (Wildman–Crippen LogP) is 5.83. The molecule has 0 aliphatic rings. The van der Waals surface area contributed by atoms with Crippen molar-refractivity contribution in [1.82, 2.24) is 0 Å². The summed E-state index contributed by atoms with van der Waals surface area (Å²) < 4.78 is 0. The van der Waals surface area contributed by atoms with E-state index in [-0.39, 0.29) is 0 Å². The summed E-state index contributed by atoms with van der Waals surface area (Å²) >= 11 is 0. The maximum absolute atomic E-state index is 2.18. The Hall–Kier alpha value is -1.56. The summed E-state index contributed by atoms with van der Waals surface area (Å²) in [4.78, 5) is 0. The molecule has 0 fully saturated rings. The average molecular weight is 256 g/mol. The van der Waals surface area contributed by atoms with Crippen molar-refractivity contribution in [2.75, 3.05) is 0 Å². The van der Waals surface area contributed by atoms with Crippen LogP contribution in [0.25, 0.3) is 0 Å². The van der Waals surface area contributed by atoms with Crippen molar-refractivity contribution in [1.29, 1.82) is 0 Å². The molecular weight excluding hydrogens is 228 g/mol. The summed E-state index contributed by atoms with van der Waals surface area (Å²) in [5, 5.41) is 0. The molecule has 0 nitrogen and oxygen atoms in total. The van der Waals surface area contributed by atoms with Crippen LogP contribution < -0.4 is 0 Å². The van der Waals surface area contributed by atoms with Crippen molar-refractivity contribution < 1.29 is 0 Å². The van der Waals surface area contributed by atoms with Crippen LogP contribution in [0.3, 0.4) is 0 Å². The van der Waals surface area contributed by atoms with E-state index in [1.807, 2.05) is 19.9 Å². The lowest BCUT2D eigenvalue weighted by atomic mass is 10.1. The highest BCUT2D eigenvalue weighted by Crippen LogP contribution is 2.02. The Morgan fingerprint density at radius 2 is 1.05 bits per heavy atom. The fraction of sp³-hybridized carbons (Fsp3) is 0.368. The first-order valence-electron chi connectivity index (χ1n) is 7.35. The van der Waals surface area contributed by atoms with E-state index < -0.39 is 0 Å². The molecule has 0 unspecified atom stereocenters. The van der Waals surface area contributed by atoms with Crippen molar-refractivity contribution in [3.05, 3.63) is 71.3 Å². The minimum Gasteiger partial charge on any atom is -0.0683 e. The number of hydrogen-bond acceptors (Lipinski definition) is 0. The first-order valence-corrected chi connectivity index (χ1v) is 7.35. The van der Waals surface area contributed by atoms with Gasteiger partial charge < -0.3 is 0 Å². The number of hydrogen-bond donors (Lipinski definition) is 0. The lowest BCUT2D eigenvalue weighted by molar-refractivity contribution is 1.14. The highest BCUT2D eigenvalue weighted by atomic mass is 13.9. The zero-order valence-electron chi connectivity index (χ0n) is 13.1. The molecule has 0 heteroatoms. The standard InChI is InChI=1S/C9H12.C8H10.C2H6/c1-3-9-6-4-8(2)5-7-9;1-2-8-6-4-3-5-7-8;1-2/h4-7H,3H2,1-2H3;3-7H,2H2,1H3;1-2H3. The summed E-state index contributed by atoms with van der Waals surface area (Å²) in [6.45, 7) is 10.4. The van der Waals surface area contributed by atoms with Gasteiger partial charge in [-0.05, 0) is 30.9 Å². The van der Waals surface area contributed by atoms with Crippen LogP contribution in [0.2, 0.25) is 0 Å². The van der Waals surface area contributed by atoms with Gasteiger partial charge in [0.2, 0.25) is 0 Å². The van der Waals surface area contributed by atoms with Gasteiger partial charge in [-0.25, -0.2) is 0 Å². The van der Waals surface area contributed by atoms with Gasteiger partial charge in [0.1, 0.15) is 0 Å². The fourth-order valence-electron chi connectivity index (χ4n) is 1.54. The minimum atomic E-state index is 1.14. The summed E-state index contributed by atoms with van der Waals surface area (Å²) in [7, 11) is 0. The van der Waals surface area contributed by atoms with Crippen molar-refractivity contribution >= 4 is 0 Å². The maximum atomic E-state index is 2.18. The molecule has 0 atom stereocenters. The zero-order valence-corrected chi connectivity index (χ0v) is 13.1. The molecule has 2 aromatic rings. The number of aryl methyl sites for hydroxylation is 3. The van der Waals surface area contributed by atoms with Crippen molar-refractivity contribution in [3.8, 4) is 0 Å². The second kappa shape index (κ2) is 11.5. The van der Waals surface area contributed by atoms with Crippen LogP contribution in [0.4, 0.5) is 0 Å². The molecule has 0 saturated carbocycles. The first-order chi connectivity index (χ1) is 9.26.